The maximum absolute atomic E-state index is 11.7. The van der Waals surface area contributed by atoms with Crippen LogP contribution in [0.1, 0.15) is 12.0 Å². The molecule has 14 heavy (non-hydrogen) atoms. The number of β-lactam (4-membered cyclic amide) rings is 1. The second kappa shape index (κ2) is 2.15. The highest BCUT2D eigenvalue weighted by molar-refractivity contribution is 6.13. The monoisotopic (exact) mass is 188 g/mol. The largest absolute Gasteiger partial charge is 0.337 e. The second-order valence-electron chi connectivity index (χ2n) is 3.63. The normalized spacial score (nSPS) is 28.0. The van der Waals surface area contributed by atoms with Crippen molar-refractivity contribution in [1.29, 1.82) is 0 Å². The average Bonchev–Trinajstić information content (AvgIpc) is 2.40. The lowest BCUT2D eigenvalue weighted by Crippen LogP contribution is -2.62. The topological polar surface area (TPSA) is 58.2 Å². The van der Waals surface area contributed by atoms with Crippen molar-refractivity contribution >= 4 is 17.5 Å². The van der Waals surface area contributed by atoms with Crippen LogP contribution in [0.15, 0.2) is 24.3 Å². The summed E-state index contributed by atoms with van der Waals surface area (Å²) in [6.07, 6.45) is 0.260. The molecular weight excluding hydrogens is 180 g/mol. The molecule has 4 nitrogen and oxygen atoms in total. The van der Waals surface area contributed by atoms with Gasteiger partial charge < -0.3 is 10.6 Å². The Labute approximate surface area is 80.3 Å². The fourth-order valence-corrected chi connectivity index (χ4v) is 2.08. The van der Waals surface area contributed by atoms with Crippen LogP contribution in [0.25, 0.3) is 0 Å². The second-order valence-corrected chi connectivity index (χ2v) is 3.63. The van der Waals surface area contributed by atoms with E-state index in [-0.39, 0.29) is 18.2 Å². The van der Waals surface area contributed by atoms with Crippen LogP contribution >= 0.6 is 0 Å². The van der Waals surface area contributed by atoms with Gasteiger partial charge in [-0.1, -0.05) is 18.2 Å². The summed E-state index contributed by atoms with van der Waals surface area (Å²) in [5.74, 6) is -0.199. The van der Waals surface area contributed by atoms with Gasteiger partial charge in [-0.25, -0.2) is 0 Å². The number of amides is 2. The molecule has 1 spiro atoms. The summed E-state index contributed by atoms with van der Waals surface area (Å²) in [5.41, 5.74) is 0.912. The first-order chi connectivity index (χ1) is 6.72. The molecule has 1 atom stereocenters. The SMILES string of the molecule is O=C1CC2(N1)C(=O)Nc1ccccc12. The number of benzene rings is 1. The lowest BCUT2D eigenvalue weighted by Gasteiger charge is -2.36. The van der Waals surface area contributed by atoms with Crippen LogP contribution in [0.4, 0.5) is 5.69 Å². The van der Waals surface area contributed by atoms with Gasteiger partial charge in [-0.3, -0.25) is 9.59 Å². The molecule has 2 amide bonds. The lowest BCUT2D eigenvalue weighted by atomic mass is 9.81. The van der Waals surface area contributed by atoms with Gasteiger partial charge in [0.15, 0.2) is 5.54 Å². The quantitative estimate of drug-likeness (QED) is 0.577. The highest BCUT2D eigenvalue weighted by Crippen LogP contribution is 2.42. The maximum atomic E-state index is 11.7. The van der Waals surface area contributed by atoms with Crippen molar-refractivity contribution in [3.8, 4) is 0 Å². The number of carbonyl (C=O) groups is 2. The van der Waals surface area contributed by atoms with Gasteiger partial charge in [0.2, 0.25) is 5.91 Å². The molecule has 2 aliphatic rings. The zero-order chi connectivity index (χ0) is 9.76. The van der Waals surface area contributed by atoms with Gasteiger partial charge in [-0.05, 0) is 6.07 Å². The molecule has 0 saturated carbocycles. The number of hydrogen-bond acceptors (Lipinski definition) is 2. The van der Waals surface area contributed by atoms with Crippen LogP contribution in [-0.2, 0) is 15.1 Å². The molecule has 0 radical (unpaired) electrons. The third-order valence-corrected chi connectivity index (χ3v) is 2.80. The smallest absolute Gasteiger partial charge is 0.255 e. The van der Waals surface area contributed by atoms with Crippen molar-refractivity contribution in [3.63, 3.8) is 0 Å². The lowest BCUT2D eigenvalue weighted by molar-refractivity contribution is -0.141. The summed E-state index contributed by atoms with van der Waals surface area (Å²) >= 11 is 0. The van der Waals surface area contributed by atoms with Crippen molar-refractivity contribution in [3.05, 3.63) is 29.8 Å². The molecule has 3 rings (SSSR count). The number of fused-ring (bicyclic) bond motifs is 2. The fourth-order valence-electron chi connectivity index (χ4n) is 2.08. The predicted molar refractivity (Wildman–Crippen MR) is 49.5 cm³/mol. The molecule has 2 heterocycles. The summed E-state index contributed by atoms with van der Waals surface area (Å²) in [7, 11) is 0. The summed E-state index contributed by atoms with van der Waals surface area (Å²) in [6, 6.07) is 7.43. The first-order valence-corrected chi connectivity index (χ1v) is 4.44. The Balaban J connectivity index is 2.16. The molecule has 1 fully saturated rings. The minimum Gasteiger partial charge on any atom is -0.337 e. The maximum Gasteiger partial charge on any atom is 0.255 e. The van der Waals surface area contributed by atoms with E-state index in [0.29, 0.717) is 0 Å². The Morgan fingerprint density at radius 3 is 2.64 bits per heavy atom. The molecule has 1 aromatic rings. The van der Waals surface area contributed by atoms with Crippen LogP contribution in [-0.4, -0.2) is 11.8 Å². The van der Waals surface area contributed by atoms with Crippen molar-refractivity contribution in [2.75, 3.05) is 5.32 Å². The van der Waals surface area contributed by atoms with Crippen molar-refractivity contribution in [2.24, 2.45) is 0 Å². The number of anilines is 1. The van der Waals surface area contributed by atoms with Crippen LogP contribution in [0, 0.1) is 0 Å². The molecule has 0 aromatic heterocycles. The average molecular weight is 188 g/mol. The zero-order valence-electron chi connectivity index (χ0n) is 7.33. The third-order valence-electron chi connectivity index (χ3n) is 2.80. The van der Waals surface area contributed by atoms with E-state index in [4.69, 9.17) is 0 Å². The van der Waals surface area contributed by atoms with E-state index < -0.39 is 5.54 Å². The van der Waals surface area contributed by atoms with E-state index in [2.05, 4.69) is 10.6 Å². The van der Waals surface area contributed by atoms with E-state index in [0.717, 1.165) is 11.3 Å². The van der Waals surface area contributed by atoms with Gasteiger partial charge >= 0.3 is 0 Å². The molecule has 1 aromatic carbocycles. The Hall–Kier alpha value is -1.84. The summed E-state index contributed by atoms with van der Waals surface area (Å²) < 4.78 is 0. The first kappa shape index (κ1) is 7.55. The predicted octanol–water partition coefficient (Wildman–Crippen LogP) is 0.354. The fraction of sp³-hybridized carbons (Fsp3) is 0.200. The number of rotatable bonds is 0. The van der Waals surface area contributed by atoms with E-state index >= 15 is 0 Å². The Morgan fingerprint density at radius 2 is 1.93 bits per heavy atom. The van der Waals surface area contributed by atoms with E-state index in [1.165, 1.54) is 0 Å². The van der Waals surface area contributed by atoms with E-state index in [1.807, 2.05) is 24.3 Å². The molecular formula is C10H8N2O2. The minimum absolute atomic E-state index is 0.0724. The van der Waals surface area contributed by atoms with Gasteiger partial charge in [0.1, 0.15) is 0 Å². The zero-order valence-corrected chi connectivity index (χ0v) is 7.33. The molecule has 2 N–H and O–H groups in total. The molecule has 1 unspecified atom stereocenters. The molecule has 4 heteroatoms. The van der Waals surface area contributed by atoms with Crippen LogP contribution < -0.4 is 10.6 Å². The van der Waals surface area contributed by atoms with Gasteiger partial charge in [0.05, 0.1) is 6.42 Å². The Kier molecular flexibility index (Phi) is 1.16. The third kappa shape index (κ3) is 0.690. The minimum atomic E-state index is -0.770. The van der Waals surface area contributed by atoms with Gasteiger partial charge in [0, 0.05) is 11.3 Å². The van der Waals surface area contributed by atoms with E-state index in [1.54, 1.807) is 0 Å². The summed E-state index contributed by atoms with van der Waals surface area (Å²) in [4.78, 5) is 22.6. The van der Waals surface area contributed by atoms with Crippen LogP contribution in [0.5, 0.6) is 0 Å². The molecule has 0 aliphatic carbocycles. The summed E-state index contributed by atoms with van der Waals surface area (Å²) in [6.45, 7) is 0. The standard InChI is InChI=1S/C10H8N2O2/c13-8-5-10(12-8)6-3-1-2-4-7(6)11-9(10)14/h1-4H,5H2,(H,11,14)(H,12,13). The van der Waals surface area contributed by atoms with Crippen LogP contribution in [0.2, 0.25) is 0 Å². The van der Waals surface area contributed by atoms with E-state index in [9.17, 15) is 9.59 Å². The summed E-state index contributed by atoms with van der Waals surface area (Å²) in [5, 5.41) is 5.43. The van der Waals surface area contributed by atoms with Gasteiger partial charge in [-0.15, -0.1) is 0 Å². The highest BCUT2D eigenvalue weighted by atomic mass is 16.2. The molecule has 2 aliphatic heterocycles. The van der Waals surface area contributed by atoms with Crippen molar-refractivity contribution in [2.45, 2.75) is 12.0 Å². The molecule has 1 saturated heterocycles. The van der Waals surface area contributed by atoms with Crippen molar-refractivity contribution < 1.29 is 9.59 Å². The van der Waals surface area contributed by atoms with Gasteiger partial charge in [-0.2, -0.15) is 0 Å². The highest BCUT2D eigenvalue weighted by Gasteiger charge is 2.55. The first-order valence-electron chi connectivity index (χ1n) is 4.44. The Bertz CT molecular complexity index is 445. The van der Waals surface area contributed by atoms with Crippen molar-refractivity contribution in [1.82, 2.24) is 5.32 Å². The molecule has 70 valence electrons. The number of nitrogens with one attached hydrogen (secondary N) is 2. The van der Waals surface area contributed by atoms with Gasteiger partial charge in [0.25, 0.3) is 5.91 Å². The Morgan fingerprint density at radius 1 is 1.21 bits per heavy atom. The number of para-hydroxylation sites is 1. The number of carbonyl (C=O) groups excluding carboxylic acids is 2. The number of hydrogen-bond donors (Lipinski definition) is 2. The van der Waals surface area contributed by atoms with Crippen LogP contribution in [0.3, 0.4) is 0 Å². The molecule has 0 bridgehead atoms.